The number of para-hydroxylation sites is 2. The number of aromatic nitrogens is 2. The highest BCUT2D eigenvalue weighted by Gasteiger charge is 2.70. The second kappa shape index (κ2) is 7.60. The monoisotopic (exact) mass is 510 g/mol. The Hall–Kier alpha value is -3.81. The molecule has 0 aliphatic carbocycles. The van der Waals surface area contributed by atoms with Crippen LogP contribution in [0.4, 0.5) is 5.69 Å². The van der Waals surface area contributed by atoms with Crippen LogP contribution in [-0.4, -0.2) is 27.4 Å². The second-order valence-electron chi connectivity index (χ2n) is 10.3. The Kier molecular flexibility index (Phi) is 4.60. The number of halogens is 1. The molecule has 3 aliphatic rings. The number of amides is 2. The first-order valence-corrected chi connectivity index (χ1v) is 12.8. The van der Waals surface area contributed by atoms with Gasteiger partial charge in [-0.25, -0.2) is 9.88 Å². The van der Waals surface area contributed by atoms with Gasteiger partial charge in [-0.05, 0) is 48.4 Å². The molecular formula is C29H23ClN4O3. The van der Waals surface area contributed by atoms with Crippen molar-refractivity contribution in [2.75, 3.05) is 4.90 Å². The fourth-order valence-electron chi connectivity index (χ4n) is 6.57. The van der Waals surface area contributed by atoms with Gasteiger partial charge in [-0.1, -0.05) is 55.8 Å². The van der Waals surface area contributed by atoms with Gasteiger partial charge in [0.05, 0.1) is 34.1 Å². The molecule has 8 heteroatoms. The summed E-state index contributed by atoms with van der Waals surface area (Å²) in [5.74, 6) is -1.45. The number of hydrogen-bond acceptors (Lipinski definition) is 5. The van der Waals surface area contributed by atoms with Crippen LogP contribution < -0.4 is 15.8 Å². The highest BCUT2D eigenvalue weighted by atomic mass is 35.5. The van der Waals surface area contributed by atoms with Crippen LogP contribution in [0, 0.1) is 17.8 Å². The molecule has 2 unspecified atom stereocenters. The molecule has 4 atom stereocenters. The fraction of sp³-hybridized carbons (Fsp3) is 0.241. The summed E-state index contributed by atoms with van der Waals surface area (Å²) in [6, 6.07) is 21.2. The first-order chi connectivity index (χ1) is 17.8. The molecule has 7 rings (SSSR count). The molecule has 0 saturated carbocycles. The molecule has 184 valence electrons. The summed E-state index contributed by atoms with van der Waals surface area (Å²) in [4.78, 5) is 48.4. The number of benzene rings is 3. The van der Waals surface area contributed by atoms with E-state index in [1.807, 2.05) is 56.3 Å². The van der Waals surface area contributed by atoms with E-state index < -0.39 is 17.4 Å². The number of carbonyl (C=O) groups excluding carboxylic acids is 2. The van der Waals surface area contributed by atoms with Crippen LogP contribution in [0.15, 0.2) is 77.6 Å². The zero-order valence-corrected chi connectivity index (χ0v) is 20.9. The molecule has 4 heterocycles. The smallest absolute Gasteiger partial charge is 0.266 e. The molecule has 1 N–H and O–H groups in total. The number of anilines is 1. The van der Waals surface area contributed by atoms with E-state index in [-0.39, 0.29) is 29.3 Å². The zero-order valence-electron chi connectivity index (χ0n) is 20.2. The molecule has 3 aliphatic heterocycles. The number of hydrogen-bond donors (Lipinski definition) is 1. The van der Waals surface area contributed by atoms with Crippen molar-refractivity contribution >= 4 is 40.0 Å². The van der Waals surface area contributed by atoms with Crippen molar-refractivity contribution in [1.29, 1.82) is 0 Å². The van der Waals surface area contributed by atoms with Gasteiger partial charge in [0.2, 0.25) is 11.8 Å². The van der Waals surface area contributed by atoms with E-state index in [0.29, 0.717) is 33.1 Å². The summed E-state index contributed by atoms with van der Waals surface area (Å²) >= 11 is 6.09. The molecule has 1 spiro atoms. The molecule has 3 aromatic carbocycles. The molecule has 0 radical (unpaired) electrons. The van der Waals surface area contributed by atoms with E-state index in [9.17, 15) is 14.4 Å². The number of nitrogens with zero attached hydrogens (tertiary/aromatic N) is 3. The Balaban J connectivity index is 1.53. The number of carbonyl (C=O) groups is 2. The quantitative estimate of drug-likeness (QED) is 0.412. The van der Waals surface area contributed by atoms with E-state index in [1.54, 1.807) is 34.9 Å². The minimum absolute atomic E-state index is 0.0437. The number of nitrogens with one attached hydrogen (secondary N) is 1. The Morgan fingerprint density at radius 2 is 1.62 bits per heavy atom. The van der Waals surface area contributed by atoms with Crippen LogP contribution in [0.3, 0.4) is 0 Å². The van der Waals surface area contributed by atoms with Crippen LogP contribution in [0.1, 0.15) is 25.2 Å². The summed E-state index contributed by atoms with van der Waals surface area (Å²) in [6.07, 6.45) is 0. The van der Waals surface area contributed by atoms with E-state index in [2.05, 4.69) is 5.32 Å². The highest BCUT2D eigenvalue weighted by molar-refractivity contribution is 6.31. The molecule has 2 saturated heterocycles. The third-order valence-corrected chi connectivity index (χ3v) is 8.35. The van der Waals surface area contributed by atoms with E-state index in [1.165, 1.54) is 4.90 Å². The number of imide groups is 1. The normalized spacial score (nSPS) is 25.8. The Morgan fingerprint density at radius 3 is 2.38 bits per heavy atom. The van der Waals surface area contributed by atoms with Crippen LogP contribution in [-0.2, 0) is 15.1 Å². The van der Waals surface area contributed by atoms with Gasteiger partial charge in [-0.15, -0.1) is 0 Å². The van der Waals surface area contributed by atoms with Crippen molar-refractivity contribution in [2.45, 2.75) is 25.4 Å². The van der Waals surface area contributed by atoms with Crippen LogP contribution >= 0.6 is 11.6 Å². The van der Waals surface area contributed by atoms with Gasteiger partial charge in [-0.3, -0.25) is 24.3 Å². The van der Waals surface area contributed by atoms with Crippen molar-refractivity contribution in [3.05, 3.63) is 99.6 Å². The van der Waals surface area contributed by atoms with Gasteiger partial charge in [-0.2, -0.15) is 0 Å². The average molecular weight is 511 g/mol. The summed E-state index contributed by atoms with van der Waals surface area (Å²) in [5.41, 5.74) is 1.19. The summed E-state index contributed by atoms with van der Waals surface area (Å²) < 4.78 is 1.62. The maximum Gasteiger partial charge on any atom is 0.266 e. The molecule has 2 fully saturated rings. The molecule has 7 nitrogen and oxygen atoms in total. The predicted molar refractivity (Wildman–Crippen MR) is 141 cm³/mol. The maximum atomic E-state index is 14.3. The molecule has 1 aromatic heterocycles. The van der Waals surface area contributed by atoms with Crippen molar-refractivity contribution in [3.8, 4) is 5.69 Å². The average Bonchev–Trinajstić information content (AvgIpc) is 3.49. The molecule has 37 heavy (non-hydrogen) atoms. The van der Waals surface area contributed by atoms with Crippen molar-refractivity contribution in [3.63, 3.8) is 0 Å². The number of rotatable bonds is 2. The van der Waals surface area contributed by atoms with E-state index >= 15 is 0 Å². The largest absolute Gasteiger partial charge is 0.296 e. The third-order valence-electron chi connectivity index (χ3n) is 8.10. The van der Waals surface area contributed by atoms with E-state index in [4.69, 9.17) is 16.6 Å². The fourth-order valence-corrected chi connectivity index (χ4v) is 6.70. The molecular weight excluding hydrogens is 488 g/mol. The first kappa shape index (κ1) is 22.4. The van der Waals surface area contributed by atoms with Crippen molar-refractivity contribution in [1.82, 2.24) is 14.9 Å². The number of fused-ring (bicyclic) bond motifs is 8. The molecule has 2 amide bonds. The lowest BCUT2D eigenvalue weighted by molar-refractivity contribution is -0.123. The van der Waals surface area contributed by atoms with Gasteiger partial charge in [0.1, 0.15) is 11.4 Å². The van der Waals surface area contributed by atoms with Crippen molar-refractivity contribution < 1.29 is 9.59 Å². The minimum atomic E-state index is -1.13. The van der Waals surface area contributed by atoms with Gasteiger partial charge in [0.15, 0.2) is 0 Å². The summed E-state index contributed by atoms with van der Waals surface area (Å²) in [6.45, 7) is 4.08. The van der Waals surface area contributed by atoms with Crippen LogP contribution in [0.5, 0.6) is 0 Å². The van der Waals surface area contributed by atoms with Gasteiger partial charge < -0.3 is 0 Å². The SMILES string of the molecule is CC(C)C1NC2(c3ccccc3-n3c2nc2ccccc2c3=O)[C@H]2C(=O)N(c3ccc(Cl)cc3)C(=O)[C@@H]12. The highest BCUT2D eigenvalue weighted by Crippen LogP contribution is 2.56. The van der Waals surface area contributed by atoms with Gasteiger partial charge in [0, 0.05) is 16.6 Å². The zero-order chi connectivity index (χ0) is 25.6. The van der Waals surface area contributed by atoms with Gasteiger partial charge >= 0.3 is 0 Å². The Bertz CT molecular complexity index is 1700. The van der Waals surface area contributed by atoms with Gasteiger partial charge in [0.25, 0.3) is 5.56 Å². The minimum Gasteiger partial charge on any atom is -0.296 e. The van der Waals surface area contributed by atoms with Crippen LogP contribution in [0.25, 0.3) is 16.6 Å². The lowest BCUT2D eigenvalue weighted by Gasteiger charge is -2.32. The topological polar surface area (TPSA) is 84.3 Å². The third kappa shape index (κ3) is 2.76. The van der Waals surface area contributed by atoms with E-state index in [0.717, 1.165) is 5.56 Å². The summed E-state index contributed by atoms with van der Waals surface area (Å²) in [7, 11) is 0. The lowest BCUT2D eigenvalue weighted by atomic mass is 9.75. The summed E-state index contributed by atoms with van der Waals surface area (Å²) in [5, 5.41) is 4.73. The van der Waals surface area contributed by atoms with Crippen LogP contribution in [0.2, 0.25) is 5.02 Å². The lowest BCUT2D eigenvalue weighted by Crippen LogP contribution is -2.51. The maximum absolute atomic E-state index is 14.3. The Labute approximate surface area is 217 Å². The second-order valence-corrected chi connectivity index (χ2v) is 10.8. The standard InChI is InChI=1S/C29H23ClN4O3/c1-15(2)24-22-23(27(37)33(26(22)36)17-13-11-16(30)12-14-17)29(32-24)19-8-4-6-10-21(19)34-25(35)18-7-3-5-9-20(18)31-28(29)34/h3-15,22-24,32H,1-2H3/t22-,23-,24?,29?/m1/s1. The molecule has 0 bridgehead atoms. The predicted octanol–water partition coefficient (Wildman–Crippen LogP) is 4.03. The molecule has 4 aromatic rings. The Morgan fingerprint density at radius 1 is 0.919 bits per heavy atom. The van der Waals surface area contributed by atoms with Crippen molar-refractivity contribution in [2.24, 2.45) is 17.8 Å². The first-order valence-electron chi connectivity index (χ1n) is 12.4.